The number of unbranched alkanes of at least 4 members (excludes halogenated alkanes) is 1. The van der Waals surface area contributed by atoms with Crippen LogP contribution >= 0.6 is 0 Å². The van der Waals surface area contributed by atoms with Crippen molar-refractivity contribution >= 4 is 30.0 Å². The molecule has 0 spiro atoms. The molecule has 4 N–H and O–H groups in total. The van der Waals surface area contributed by atoms with Crippen LogP contribution in [0, 0.1) is 0 Å². The van der Waals surface area contributed by atoms with Gasteiger partial charge in [0.2, 0.25) is 17.7 Å². The first-order chi connectivity index (χ1) is 10.3. The van der Waals surface area contributed by atoms with Crippen molar-refractivity contribution in [3.8, 4) is 0 Å². The van der Waals surface area contributed by atoms with Crippen molar-refractivity contribution in [2.45, 2.75) is 45.2 Å². The summed E-state index contributed by atoms with van der Waals surface area (Å²) in [5.74, 6) is -2.66. The average Bonchev–Trinajstić information content (AvgIpc) is 2.41. The monoisotopic (exact) mass is 315 g/mol. The molecule has 1 unspecified atom stereocenters. The molecule has 9 heteroatoms. The van der Waals surface area contributed by atoms with E-state index in [0.29, 0.717) is 19.1 Å². The number of carboxylic acids is 1. The summed E-state index contributed by atoms with van der Waals surface area (Å²) in [4.78, 5) is 54.7. The number of carbonyl (C=O) groups excluding carboxylic acids is 4. The van der Waals surface area contributed by atoms with E-state index < -0.39 is 35.8 Å². The van der Waals surface area contributed by atoms with Crippen LogP contribution in [0.1, 0.15) is 33.1 Å². The minimum absolute atomic E-state index is 0.230. The lowest BCUT2D eigenvalue weighted by Crippen LogP contribution is -2.47. The third kappa shape index (κ3) is 8.67. The molecule has 0 aromatic carbocycles. The highest BCUT2D eigenvalue weighted by Crippen LogP contribution is 2.01. The molecule has 0 fully saturated rings. The van der Waals surface area contributed by atoms with Gasteiger partial charge in [-0.3, -0.25) is 14.4 Å². The van der Waals surface area contributed by atoms with Crippen LogP contribution < -0.4 is 16.0 Å². The topological polar surface area (TPSA) is 142 Å². The fraction of sp³-hybridized carbons (Fsp3) is 0.615. The highest BCUT2D eigenvalue weighted by molar-refractivity contribution is 5.99. The summed E-state index contributed by atoms with van der Waals surface area (Å²) in [6.07, 6.45) is 1.49. The van der Waals surface area contributed by atoms with E-state index in [1.165, 1.54) is 13.8 Å². The van der Waals surface area contributed by atoms with E-state index in [-0.39, 0.29) is 13.0 Å². The maximum absolute atomic E-state index is 11.6. The molecule has 22 heavy (non-hydrogen) atoms. The minimum atomic E-state index is -1.23. The fourth-order valence-electron chi connectivity index (χ4n) is 1.68. The molecule has 0 aromatic heterocycles. The molecule has 0 aliphatic carbocycles. The van der Waals surface area contributed by atoms with Gasteiger partial charge in [-0.1, -0.05) is 0 Å². The van der Waals surface area contributed by atoms with Crippen LogP contribution in [0.3, 0.4) is 0 Å². The van der Waals surface area contributed by atoms with E-state index in [0.717, 1.165) is 0 Å². The Morgan fingerprint density at radius 2 is 1.64 bits per heavy atom. The summed E-state index contributed by atoms with van der Waals surface area (Å²) < 4.78 is 0. The van der Waals surface area contributed by atoms with E-state index in [4.69, 9.17) is 5.11 Å². The molecule has 0 rings (SSSR count). The van der Waals surface area contributed by atoms with Crippen molar-refractivity contribution in [2.24, 2.45) is 0 Å². The van der Waals surface area contributed by atoms with Crippen molar-refractivity contribution in [2.75, 3.05) is 6.54 Å². The van der Waals surface area contributed by atoms with Crippen LogP contribution in [0.15, 0.2) is 0 Å². The van der Waals surface area contributed by atoms with Crippen molar-refractivity contribution in [1.82, 2.24) is 16.0 Å². The predicted octanol–water partition coefficient (Wildman–Crippen LogP) is -1.43. The standard InChI is InChI=1S/C13H21N3O6/c1-8(18)15-10(13(21)22)5-3-4-6-14-12(20)11(7-17)16-9(2)19/h7,10-11H,3-6H2,1-2H3,(H,14,20)(H,15,18)(H,16,19)(H,21,22)/t10-,11?/m0/s1. The van der Waals surface area contributed by atoms with Gasteiger partial charge in [0.25, 0.3) is 0 Å². The molecule has 3 amide bonds. The molecule has 0 aromatic rings. The zero-order valence-electron chi connectivity index (χ0n) is 12.5. The number of amides is 3. The number of aldehydes is 1. The van der Waals surface area contributed by atoms with Gasteiger partial charge in [0.05, 0.1) is 0 Å². The Labute approximate surface area is 127 Å². The van der Waals surface area contributed by atoms with Crippen LogP contribution in [0.4, 0.5) is 0 Å². The Bertz CT molecular complexity index is 437. The van der Waals surface area contributed by atoms with Crippen molar-refractivity contribution in [3.05, 3.63) is 0 Å². The highest BCUT2D eigenvalue weighted by Gasteiger charge is 2.19. The molecule has 0 bridgehead atoms. The lowest BCUT2D eigenvalue weighted by molar-refractivity contribution is -0.141. The zero-order valence-corrected chi connectivity index (χ0v) is 12.5. The Morgan fingerprint density at radius 3 is 2.09 bits per heavy atom. The van der Waals surface area contributed by atoms with Gasteiger partial charge in [0, 0.05) is 20.4 Å². The van der Waals surface area contributed by atoms with E-state index in [2.05, 4.69) is 16.0 Å². The second-order valence-electron chi connectivity index (χ2n) is 4.69. The van der Waals surface area contributed by atoms with Crippen LogP contribution in [-0.2, 0) is 24.0 Å². The number of rotatable bonds is 10. The Morgan fingerprint density at radius 1 is 1.05 bits per heavy atom. The molecule has 0 saturated carbocycles. The van der Waals surface area contributed by atoms with Gasteiger partial charge in [-0.2, -0.15) is 0 Å². The second kappa shape index (κ2) is 10.3. The summed E-state index contributed by atoms with van der Waals surface area (Å²) in [5, 5.41) is 15.8. The third-order valence-electron chi connectivity index (χ3n) is 2.67. The first kappa shape index (κ1) is 19.6. The van der Waals surface area contributed by atoms with E-state index in [9.17, 15) is 24.0 Å². The normalized spacial score (nSPS) is 12.6. The molecular weight excluding hydrogens is 294 g/mol. The largest absolute Gasteiger partial charge is 0.480 e. The zero-order chi connectivity index (χ0) is 17.1. The molecule has 2 atom stereocenters. The van der Waals surface area contributed by atoms with Crippen LogP contribution in [0.25, 0.3) is 0 Å². The van der Waals surface area contributed by atoms with Crippen molar-refractivity contribution in [1.29, 1.82) is 0 Å². The molecule has 0 aliphatic rings. The van der Waals surface area contributed by atoms with Gasteiger partial charge in [0.1, 0.15) is 6.04 Å². The molecule has 9 nitrogen and oxygen atoms in total. The molecular formula is C13H21N3O6. The van der Waals surface area contributed by atoms with Gasteiger partial charge in [-0.05, 0) is 19.3 Å². The van der Waals surface area contributed by atoms with E-state index in [1.54, 1.807) is 0 Å². The van der Waals surface area contributed by atoms with Gasteiger partial charge in [0.15, 0.2) is 12.3 Å². The summed E-state index contributed by atoms with van der Waals surface area (Å²) in [7, 11) is 0. The van der Waals surface area contributed by atoms with Crippen LogP contribution in [0.5, 0.6) is 0 Å². The van der Waals surface area contributed by atoms with E-state index >= 15 is 0 Å². The Hall–Kier alpha value is -2.45. The maximum Gasteiger partial charge on any atom is 0.326 e. The van der Waals surface area contributed by atoms with Crippen LogP contribution in [0.2, 0.25) is 0 Å². The summed E-state index contributed by atoms with van der Waals surface area (Å²) >= 11 is 0. The first-order valence-corrected chi connectivity index (χ1v) is 6.78. The molecule has 0 aliphatic heterocycles. The predicted molar refractivity (Wildman–Crippen MR) is 75.8 cm³/mol. The number of aliphatic carboxylic acids is 1. The smallest absolute Gasteiger partial charge is 0.326 e. The average molecular weight is 315 g/mol. The Kier molecular flexibility index (Phi) is 9.15. The summed E-state index contributed by atoms with van der Waals surface area (Å²) in [6, 6.07) is -2.20. The number of hydrogen-bond acceptors (Lipinski definition) is 5. The minimum Gasteiger partial charge on any atom is -0.480 e. The third-order valence-corrected chi connectivity index (χ3v) is 2.67. The number of carboxylic acid groups (broad SMARTS) is 1. The van der Waals surface area contributed by atoms with Gasteiger partial charge in [-0.15, -0.1) is 0 Å². The lowest BCUT2D eigenvalue weighted by Gasteiger charge is -2.14. The first-order valence-electron chi connectivity index (χ1n) is 6.78. The lowest BCUT2D eigenvalue weighted by atomic mass is 10.1. The van der Waals surface area contributed by atoms with Gasteiger partial charge >= 0.3 is 5.97 Å². The quantitative estimate of drug-likeness (QED) is 0.221. The van der Waals surface area contributed by atoms with Gasteiger partial charge < -0.3 is 25.9 Å². The fourth-order valence-corrected chi connectivity index (χ4v) is 1.68. The maximum atomic E-state index is 11.6. The molecule has 0 saturated heterocycles. The van der Waals surface area contributed by atoms with Crippen LogP contribution in [-0.4, -0.2) is 53.7 Å². The number of hydrogen-bond donors (Lipinski definition) is 4. The summed E-state index contributed by atoms with van der Waals surface area (Å²) in [5.41, 5.74) is 0. The highest BCUT2D eigenvalue weighted by atomic mass is 16.4. The SMILES string of the molecule is CC(=O)NC(C=O)C(=O)NCCCC[C@H](NC(C)=O)C(=O)O. The molecule has 0 heterocycles. The van der Waals surface area contributed by atoms with E-state index in [1.807, 2.05) is 0 Å². The Balaban J connectivity index is 4.03. The number of carbonyl (C=O) groups is 5. The molecule has 124 valence electrons. The summed E-state index contributed by atoms with van der Waals surface area (Å²) in [6.45, 7) is 2.66. The van der Waals surface area contributed by atoms with Crippen molar-refractivity contribution < 1.29 is 29.1 Å². The van der Waals surface area contributed by atoms with Gasteiger partial charge in [-0.25, -0.2) is 4.79 Å². The second-order valence-corrected chi connectivity index (χ2v) is 4.69. The number of nitrogens with one attached hydrogen (secondary N) is 3. The molecule has 0 radical (unpaired) electrons. The van der Waals surface area contributed by atoms with Crippen molar-refractivity contribution in [3.63, 3.8) is 0 Å².